The Morgan fingerprint density at radius 1 is 1.35 bits per heavy atom. The van der Waals surface area contributed by atoms with Crippen LogP contribution in [0.3, 0.4) is 0 Å². The zero-order valence-corrected chi connectivity index (χ0v) is 12.0. The third-order valence-corrected chi connectivity index (χ3v) is 3.54. The number of carbonyl (C=O) groups is 1. The third kappa shape index (κ3) is 3.66. The van der Waals surface area contributed by atoms with Crippen LogP contribution in [-0.2, 0) is 11.3 Å². The summed E-state index contributed by atoms with van der Waals surface area (Å²) in [6.45, 7) is 6.28. The maximum Gasteiger partial charge on any atom is 0.320 e. The lowest BCUT2D eigenvalue weighted by molar-refractivity contribution is -0.140. The Kier molecular flexibility index (Phi) is 4.89. The highest BCUT2D eigenvalue weighted by Gasteiger charge is 2.20. The van der Waals surface area contributed by atoms with Gasteiger partial charge in [0.1, 0.15) is 6.04 Å². The molecule has 0 saturated carbocycles. The first-order valence-corrected chi connectivity index (χ1v) is 7.10. The zero-order chi connectivity index (χ0) is 14.5. The van der Waals surface area contributed by atoms with Gasteiger partial charge in [-0.05, 0) is 18.8 Å². The van der Waals surface area contributed by atoms with Gasteiger partial charge < -0.3 is 10.0 Å². The number of nitrogens with one attached hydrogen (secondary N) is 1. The van der Waals surface area contributed by atoms with Gasteiger partial charge in [0.05, 0.1) is 0 Å². The van der Waals surface area contributed by atoms with Crippen LogP contribution in [0.15, 0.2) is 12.4 Å². The lowest BCUT2D eigenvalue weighted by atomic mass is 10.0. The van der Waals surface area contributed by atoms with Crippen molar-refractivity contribution in [2.45, 2.75) is 39.3 Å². The molecule has 20 heavy (non-hydrogen) atoms. The van der Waals surface area contributed by atoms with Gasteiger partial charge in [0.15, 0.2) is 0 Å². The highest BCUT2D eigenvalue weighted by molar-refractivity contribution is 5.73. The second kappa shape index (κ2) is 6.65. The van der Waals surface area contributed by atoms with Crippen molar-refractivity contribution >= 4 is 11.9 Å². The van der Waals surface area contributed by atoms with Crippen molar-refractivity contribution in [3.05, 3.63) is 18.0 Å². The fourth-order valence-corrected chi connectivity index (χ4v) is 2.36. The molecule has 2 rings (SSSR count). The monoisotopic (exact) mass is 278 g/mol. The van der Waals surface area contributed by atoms with Crippen LogP contribution in [-0.4, -0.2) is 40.2 Å². The van der Waals surface area contributed by atoms with E-state index in [9.17, 15) is 4.79 Å². The molecule has 0 unspecified atom stereocenters. The second-order valence-electron chi connectivity index (χ2n) is 5.53. The van der Waals surface area contributed by atoms with Crippen LogP contribution in [0.2, 0.25) is 0 Å². The van der Waals surface area contributed by atoms with Crippen LogP contribution in [0.4, 0.5) is 5.95 Å². The van der Waals surface area contributed by atoms with E-state index in [1.807, 2.05) is 13.8 Å². The van der Waals surface area contributed by atoms with E-state index < -0.39 is 12.0 Å². The summed E-state index contributed by atoms with van der Waals surface area (Å²) < 4.78 is 0. The molecule has 0 radical (unpaired) electrons. The van der Waals surface area contributed by atoms with Crippen LogP contribution >= 0.6 is 0 Å². The highest BCUT2D eigenvalue weighted by atomic mass is 16.4. The SMILES string of the molecule is CC(C)[C@@H](NCc1cnc(N2CCCC2)nc1)C(=O)O. The minimum Gasteiger partial charge on any atom is -0.480 e. The smallest absolute Gasteiger partial charge is 0.320 e. The molecule has 0 amide bonds. The number of aliphatic carboxylic acids is 1. The number of aromatic nitrogens is 2. The minimum atomic E-state index is -0.824. The van der Waals surface area contributed by atoms with E-state index >= 15 is 0 Å². The lowest BCUT2D eigenvalue weighted by Gasteiger charge is -2.18. The largest absolute Gasteiger partial charge is 0.480 e. The van der Waals surface area contributed by atoms with Gasteiger partial charge in [-0.1, -0.05) is 13.8 Å². The Bertz CT molecular complexity index is 441. The predicted molar refractivity (Wildman–Crippen MR) is 76.6 cm³/mol. The third-order valence-electron chi connectivity index (χ3n) is 3.54. The molecule has 6 nitrogen and oxygen atoms in total. The summed E-state index contributed by atoms with van der Waals surface area (Å²) in [6.07, 6.45) is 5.93. The molecule has 1 atom stereocenters. The van der Waals surface area contributed by atoms with E-state index in [2.05, 4.69) is 20.2 Å². The molecule has 6 heteroatoms. The van der Waals surface area contributed by atoms with Crippen LogP contribution < -0.4 is 10.2 Å². The molecule has 2 heterocycles. The topological polar surface area (TPSA) is 78.4 Å². The van der Waals surface area contributed by atoms with Crippen LogP contribution in [0, 0.1) is 5.92 Å². The highest BCUT2D eigenvalue weighted by Crippen LogP contribution is 2.14. The van der Waals surface area contributed by atoms with Crippen molar-refractivity contribution in [3.8, 4) is 0 Å². The fourth-order valence-electron chi connectivity index (χ4n) is 2.36. The average Bonchev–Trinajstić information content (AvgIpc) is 2.92. The number of carboxylic acid groups (broad SMARTS) is 1. The van der Waals surface area contributed by atoms with E-state index in [1.165, 1.54) is 12.8 Å². The molecule has 1 aromatic rings. The molecule has 2 N–H and O–H groups in total. The minimum absolute atomic E-state index is 0.0392. The molecular formula is C14H22N4O2. The summed E-state index contributed by atoms with van der Waals surface area (Å²) >= 11 is 0. The van der Waals surface area contributed by atoms with Gasteiger partial charge in [0.2, 0.25) is 5.95 Å². The molecular weight excluding hydrogens is 256 g/mol. The van der Waals surface area contributed by atoms with E-state index in [0.717, 1.165) is 24.6 Å². The Hall–Kier alpha value is -1.69. The first kappa shape index (κ1) is 14.7. The van der Waals surface area contributed by atoms with Crippen molar-refractivity contribution in [2.75, 3.05) is 18.0 Å². The van der Waals surface area contributed by atoms with Crippen molar-refractivity contribution in [3.63, 3.8) is 0 Å². The Labute approximate surface area is 119 Å². The van der Waals surface area contributed by atoms with Crippen LogP contribution in [0.1, 0.15) is 32.3 Å². The van der Waals surface area contributed by atoms with Crippen molar-refractivity contribution < 1.29 is 9.90 Å². The van der Waals surface area contributed by atoms with Gasteiger partial charge in [0, 0.05) is 37.6 Å². The van der Waals surface area contributed by atoms with E-state index in [1.54, 1.807) is 12.4 Å². The number of anilines is 1. The molecule has 1 aromatic heterocycles. The van der Waals surface area contributed by atoms with Crippen molar-refractivity contribution in [1.29, 1.82) is 0 Å². The van der Waals surface area contributed by atoms with E-state index in [0.29, 0.717) is 6.54 Å². The summed E-state index contributed by atoms with van der Waals surface area (Å²) in [7, 11) is 0. The summed E-state index contributed by atoms with van der Waals surface area (Å²) in [6, 6.07) is -0.548. The molecule has 0 aromatic carbocycles. The Morgan fingerprint density at radius 3 is 2.45 bits per heavy atom. The quantitative estimate of drug-likeness (QED) is 0.816. The number of hydrogen-bond acceptors (Lipinski definition) is 5. The molecule has 1 aliphatic rings. The summed E-state index contributed by atoms with van der Waals surface area (Å²) in [4.78, 5) is 22.0. The van der Waals surface area contributed by atoms with Crippen molar-refractivity contribution in [1.82, 2.24) is 15.3 Å². The lowest BCUT2D eigenvalue weighted by Crippen LogP contribution is -2.40. The maximum absolute atomic E-state index is 11.1. The number of carboxylic acids is 1. The molecule has 0 bridgehead atoms. The molecule has 1 fully saturated rings. The van der Waals surface area contributed by atoms with Crippen LogP contribution in [0.5, 0.6) is 0 Å². The normalized spacial score (nSPS) is 16.6. The summed E-state index contributed by atoms with van der Waals surface area (Å²) in [5, 5.41) is 12.1. The summed E-state index contributed by atoms with van der Waals surface area (Å²) in [5.74, 6) is -0.0169. The maximum atomic E-state index is 11.1. The number of rotatable bonds is 6. The first-order chi connectivity index (χ1) is 9.58. The van der Waals surface area contributed by atoms with E-state index in [-0.39, 0.29) is 5.92 Å². The van der Waals surface area contributed by atoms with Crippen LogP contribution in [0.25, 0.3) is 0 Å². The van der Waals surface area contributed by atoms with Gasteiger partial charge in [0.25, 0.3) is 0 Å². The van der Waals surface area contributed by atoms with Gasteiger partial charge in [-0.3, -0.25) is 10.1 Å². The standard InChI is InChI=1S/C14H22N4O2/c1-10(2)12(13(19)20)15-7-11-8-16-14(17-9-11)18-5-3-4-6-18/h8-10,12,15H,3-7H2,1-2H3,(H,19,20)/t12-/m1/s1. The van der Waals surface area contributed by atoms with Gasteiger partial charge in [-0.15, -0.1) is 0 Å². The van der Waals surface area contributed by atoms with Crippen molar-refractivity contribution in [2.24, 2.45) is 5.92 Å². The predicted octanol–water partition coefficient (Wildman–Crippen LogP) is 1.28. The molecule has 1 saturated heterocycles. The molecule has 110 valence electrons. The average molecular weight is 278 g/mol. The molecule has 0 spiro atoms. The number of hydrogen-bond donors (Lipinski definition) is 2. The second-order valence-corrected chi connectivity index (χ2v) is 5.53. The Morgan fingerprint density at radius 2 is 1.95 bits per heavy atom. The van der Waals surface area contributed by atoms with Gasteiger partial charge in [-0.25, -0.2) is 9.97 Å². The van der Waals surface area contributed by atoms with Gasteiger partial charge >= 0.3 is 5.97 Å². The fraction of sp³-hybridized carbons (Fsp3) is 0.643. The van der Waals surface area contributed by atoms with Gasteiger partial charge in [-0.2, -0.15) is 0 Å². The van der Waals surface area contributed by atoms with E-state index in [4.69, 9.17) is 5.11 Å². The molecule has 1 aliphatic heterocycles. The zero-order valence-electron chi connectivity index (χ0n) is 12.0. The number of nitrogens with zero attached hydrogens (tertiary/aromatic N) is 3. The Balaban J connectivity index is 1.91. The summed E-state index contributed by atoms with van der Waals surface area (Å²) in [5.41, 5.74) is 0.903. The first-order valence-electron chi connectivity index (χ1n) is 7.10. The molecule has 0 aliphatic carbocycles.